The Bertz CT molecular complexity index is 800. The highest BCUT2D eigenvalue weighted by molar-refractivity contribution is 5.90. The van der Waals surface area contributed by atoms with Crippen LogP contribution in [0, 0.1) is 6.92 Å². The van der Waals surface area contributed by atoms with Crippen LogP contribution in [-0.2, 0) is 11.0 Å². The number of aryl methyl sites for hydroxylation is 1. The zero-order chi connectivity index (χ0) is 18.4. The van der Waals surface area contributed by atoms with Crippen molar-refractivity contribution < 1.29 is 22.7 Å². The van der Waals surface area contributed by atoms with E-state index in [0.717, 1.165) is 5.56 Å². The Morgan fingerprint density at radius 1 is 1.28 bits per heavy atom. The number of hydrogen-bond donors (Lipinski definition) is 2. The number of aromatic amines is 1. The summed E-state index contributed by atoms with van der Waals surface area (Å²) in [4.78, 5) is 25.3. The minimum atomic E-state index is -4.61. The van der Waals surface area contributed by atoms with E-state index in [1.807, 2.05) is 30.1 Å². The van der Waals surface area contributed by atoms with E-state index < -0.39 is 28.9 Å². The van der Waals surface area contributed by atoms with E-state index in [9.17, 15) is 22.8 Å². The Labute approximate surface area is 141 Å². The first-order chi connectivity index (χ1) is 11.8. The molecule has 0 aliphatic carbocycles. The fraction of sp³-hybridized carbons (Fsp3) is 0.294. The van der Waals surface area contributed by atoms with E-state index in [1.165, 1.54) is 0 Å². The molecule has 0 saturated carbocycles. The monoisotopic (exact) mass is 354 g/mol. The molecular weight excluding hydrogens is 337 g/mol. The maximum atomic E-state index is 12.6. The SMILES string of the molecule is Cc1cccc(OCCCC(=O)Nc2cc(C(F)(F)F)c[nH]c2=O)c1. The zero-order valence-electron chi connectivity index (χ0n) is 13.4. The van der Waals surface area contributed by atoms with Crippen molar-refractivity contribution in [3.63, 3.8) is 0 Å². The largest absolute Gasteiger partial charge is 0.494 e. The van der Waals surface area contributed by atoms with Crippen molar-refractivity contribution in [2.75, 3.05) is 11.9 Å². The van der Waals surface area contributed by atoms with Gasteiger partial charge in [-0.05, 0) is 37.1 Å². The first-order valence-corrected chi connectivity index (χ1v) is 7.55. The average molecular weight is 354 g/mol. The van der Waals surface area contributed by atoms with Gasteiger partial charge < -0.3 is 15.0 Å². The van der Waals surface area contributed by atoms with E-state index in [4.69, 9.17) is 4.74 Å². The molecule has 1 aromatic heterocycles. The summed E-state index contributed by atoms with van der Waals surface area (Å²) in [5, 5.41) is 2.19. The topological polar surface area (TPSA) is 71.2 Å². The van der Waals surface area contributed by atoms with Gasteiger partial charge in [-0.25, -0.2) is 0 Å². The lowest BCUT2D eigenvalue weighted by molar-refractivity contribution is -0.137. The van der Waals surface area contributed by atoms with Gasteiger partial charge in [0, 0.05) is 12.6 Å². The Morgan fingerprint density at radius 3 is 2.72 bits per heavy atom. The Morgan fingerprint density at radius 2 is 2.04 bits per heavy atom. The second-order valence-corrected chi connectivity index (χ2v) is 5.45. The van der Waals surface area contributed by atoms with E-state index in [0.29, 0.717) is 24.4 Å². The third kappa shape index (κ3) is 5.66. The summed E-state index contributed by atoms with van der Waals surface area (Å²) < 4.78 is 43.3. The number of H-pyrrole nitrogens is 1. The number of rotatable bonds is 6. The van der Waals surface area contributed by atoms with Crippen molar-refractivity contribution in [3.8, 4) is 5.75 Å². The lowest BCUT2D eigenvalue weighted by Gasteiger charge is -2.09. The summed E-state index contributed by atoms with van der Waals surface area (Å²) in [6.45, 7) is 2.20. The van der Waals surface area contributed by atoms with Crippen molar-refractivity contribution >= 4 is 11.6 Å². The van der Waals surface area contributed by atoms with Crippen LogP contribution in [0.3, 0.4) is 0 Å². The van der Waals surface area contributed by atoms with Crippen molar-refractivity contribution in [1.29, 1.82) is 0 Å². The van der Waals surface area contributed by atoms with Crippen molar-refractivity contribution in [3.05, 3.63) is 58.0 Å². The molecule has 25 heavy (non-hydrogen) atoms. The number of amides is 1. The van der Waals surface area contributed by atoms with Crippen LogP contribution in [-0.4, -0.2) is 17.5 Å². The third-order valence-corrected chi connectivity index (χ3v) is 3.31. The summed E-state index contributed by atoms with van der Waals surface area (Å²) >= 11 is 0. The number of halogens is 3. The fourth-order valence-corrected chi connectivity index (χ4v) is 2.08. The van der Waals surface area contributed by atoms with Crippen molar-refractivity contribution in [1.82, 2.24) is 4.98 Å². The normalized spacial score (nSPS) is 11.2. The predicted octanol–water partition coefficient (Wildman–Crippen LogP) is 3.50. The lowest BCUT2D eigenvalue weighted by Crippen LogP contribution is -2.21. The van der Waals surface area contributed by atoms with Gasteiger partial charge in [0.2, 0.25) is 5.91 Å². The van der Waals surface area contributed by atoms with Gasteiger partial charge in [-0.2, -0.15) is 13.2 Å². The standard InChI is InChI=1S/C17H17F3N2O3/c1-11-4-2-5-13(8-11)25-7-3-6-15(23)22-14-9-12(17(18,19)20)10-21-16(14)24/h2,4-5,8-10H,3,6-7H2,1H3,(H,21,24)(H,22,23). The maximum absolute atomic E-state index is 12.6. The lowest BCUT2D eigenvalue weighted by atomic mass is 10.2. The number of aromatic nitrogens is 1. The molecule has 5 nitrogen and oxygen atoms in total. The van der Waals surface area contributed by atoms with Crippen LogP contribution < -0.4 is 15.6 Å². The number of hydrogen-bond acceptors (Lipinski definition) is 3. The van der Waals surface area contributed by atoms with Crippen LogP contribution in [0.2, 0.25) is 0 Å². The van der Waals surface area contributed by atoms with Gasteiger partial charge in [0.25, 0.3) is 5.56 Å². The smallest absolute Gasteiger partial charge is 0.417 e. The number of ether oxygens (including phenoxy) is 1. The Hall–Kier alpha value is -2.77. The maximum Gasteiger partial charge on any atom is 0.417 e. The summed E-state index contributed by atoms with van der Waals surface area (Å²) in [7, 11) is 0. The molecule has 0 bridgehead atoms. The molecule has 134 valence electrons. The van der Waals surface area contributed by atoms with Gasteiger partial charge in [-0.1, -0.05) is 12.1 Å². The molecule has 0 fully saturated rings. The second kappa shape index (κ2) is 7.87. The van der Waals surface area contributed by atoms with Crippen LogP contribution in [0.25, 0.3) is 0 Å². The predicted molar refractivity (Wildman–Crippen MR) is 86.6 cm³/mol. The van der Waals surface area contributed by atoms with E-state index in [-0.39, 0.29) is 13.0 Å². The minimum absolute atomic E-state index is 0.0154. The highest BCUT2D eigenvalue weighted by Gasteiger charge is 2.31. The summed E-state index contributed by atoms with van der Waals surface area (Å²) in [6, 6.07) is 8.02. The average Bonchev–Trinajstić information content (AvgIpc) is 2.53. The Kier molecular flexibility index (Phi) is 5.84. The van der Waals surface area contributed by atoms with Gasteiger partial charge in [-0.15, -0.1) is 0 Å². The van der Waals surface area contributed by atoms with Crippen LogP contribution >= 0.6 is 0 Å². The first-order valence-electron chi connectivity index (χ1n) is 7.55. The quantitative estimate of drug-likeness (QED) is 0.780. The van der Waals surface area contributed by atoms with E-state index in [2.05, 4.69) is 5.32 Å². The molecule has 0 saturated heterocycles. The molecule has 2 aromatic rings. The van der Waals surface area contributed by atoms with Crippen molar-refractivity contribution in [2.24, 2.45) is 0 Å². The molecule has 0 aliphatic heterocycles. The van der Waals surface area contributed by atoms with Crippen LogP contribution in [0.15, 0.2) is 41.3 Å². The summed E-state index contributed by atoms with van der Waals surface area (Å²) in [5.41, 5.74) is -1.22. The second-order valence-electron chi connectivity index (χ2n) is 5.45. The van der Waals surface area contributed by atoms with Crippen LogP contribution in [0.1, 0.15) is 24.0 Å². The highest BCUT2D eigenvalue weighted by atomic mass is 19.4. The summed E-state index contributed by atoms with van der Waals surface area (Å²) in [5.74, 6) is 0.118. The number of carbonyl (C=O) groups excluding carboxylic acids is 1. The van der Waals surface area contributed by atoms with Gasteiger partial charge in [0.05, 0.1) is 12.2 Å². The van der Waals surface area contributed by atoms with Gasteiger partial charge in [0.15, 0.2) is 0 Å². The number of pyridine rings is 1. The van der Waals surface area contributed by atoms with Crippen LogP contribution in [0.5, 0.6) is 5.75 Å². The molecule has 0 aliphatic rings. The molecule has 0 radical (unpaired) electrons. The molecule has 1 heterocycles. The highest BCUT2D eigenvalue weighted by Crippen LogP contribution is 2.29. The Balaban J connectivity index is 1.85. The fourth-order valence-electron chi connectivity index (χ4n) is 2.08. The van der Waals surface area contributed by atoms with Gasteiger partial charge >= 0.3 is 6.18 Å². The number of nitrogens with one attached hydrogen (secondary N) is 2. The summed E-state index contributed by atoms with van der Waals surface area (Å²) in [6.07, 6.45) is -3.67. The molecule has 1 aromatic carbocycles. The molecule has 0 atom stereocenters. The van der Waals surface area contributed by atoms with Crippen LogP contribution in [0.4, 0.5) is 18.9 Å². The van der Waals surface area contributed by atoms with E-state index >= 15 is 0 Å². The number of anilines is 1. The first kappa shape index (κ1) is 18.6. The molecule has 2 rings (SSSR count). The van der Waals surface area contributed by atoms with Gasteiger partial charge in [-0.3, -0.25) is 9.59 Å². The van der Waals surface area contributed by atoms with Crippen molar-refractivity contribution in [2.45, 2.75) is 25.9 Å². The number of carbonyl (C=O) groups is 1. The van der Waals surface area contributed by atoms with Gasteiger partial charge in [0.1, 0.15) is 11.4 Å². The molecule has 1 amide bonds. The molecule has 8 heteroatoms. The van der Waals surface area contributed by atoms with E-state index in [1.54, 1.807) is 6.07 Å². The molecule has 2 N–H and O–H groups in total. The number of benzene rings is 1. The molecule has 0 spiro atoms. The molecular formula is C17H17F3N2O3. The minimum Gasteiger partial charge on any atom is -0.494 e. The third-order valence-electron chi connectivity index (χ3n) is 3.31. The number of alkyl halides is 3. The zero-order valence-corrected chi connectivity index (χ0v) is 13.4. The molecule has 0 unspecified atom stereocenters.